The van der Waals surface area contributed by atoms with Crippen molar-refractivity contribution < 1.29 is 35.9 Å². The van der Waals surface area contributed by atoms with Gasteiger partial charge in [-0.2, -0.15) is 26.3 Å². The van der Waals surface area contributed by atoms with Crippen molar-refractivity contribution in [3.63, 3.8) is 0 Å². The molecule has 18 heavy (non-hydrogen) atoms. The van der Waals surface area contributed by atoms with Crippen molar-refractivity contribution in [3.8, 4) is 0 Å². The molecule has 10 heteroatoms. The van der Waals surface area contributed by atoms with Crippen molar-refractivity contribution in [1.29, 1.82) is 0 Å². The zero-order chi connectivity index (χ0) is 14.6. The molecule has 0 aromatic carbocycles. The number of hydrogen-bond acceptors (Lipinski definition) is 2. The van der Waals surface area contributed by atoms with E-state index in [1.54, 1.807) is 0 Å². The molecule has 0 heterocycles. The quantitative estimate of drug-likeness (QED) is 0.618. The molecule has 0 aliphatic carbocycles. The molecule has 106 valence electrons. The summed E-state index contributed by atoms with van der Waals surface area (Å²) >= 11 is 0. The number of halogens is 6. The van der Waals surface area contributed by atoms with E-state index in [9.17, 15) is 35.9 Å². The molecule has 0 rings (SSSR count). The highest BCUT2D eigenvalue weighted by Crippen LogP contribution is 2.17. The van der Waals surface area contributed by atoms with Crippen LogP contribution < -0.4 is 5.32 Å². The van der Waals surface area contributed by atoms with Gasteiger partial charge in [-0.05, 0) is 6.42 Å². The minimum Gasteiger partial charge on any atom is -0.348 e. The molecule has 0 saturated heterocycles. The fourth-order valence-electron chi connectivity index (χ4n) is 0.936. The molecule has 0 saturated carbocycles. The monoisotopic (exact) mass is 280 g/mol. The van der Waals surface area contributed by atoms with Crippen LogP contribution in [0.5, 0.6) is 0 Å². The van der Waals surface area contributed by atoms with E-state index < -0.39 is 37.3 Å². The smallest absolute Gasteiger partial charge is 0.348 e. The number of nitrogens with zero attached hydrogens (tertiary/aromatic N) is 1. The molecule has 0 bridgehead atoms. The number of carbonyl (C=O) groups is 2. The largest absolute Gasteiger partial charge is 0.471 e. The fraction of sp³-hybridized carbons (Fsp3) is 0.750. The molecule has 0 spiro atoms. The van der Waals surface area contributed by atoms with Crippen molar-refractivity contribution in [2.24, 2.45) is 0 Å². The van der Waals surface area contributed by atoms with Crippen molar-refractivity contribution in [1.82, 2.24) is 10.2 Å². The molecular weight excluding hydrogens is 270 g/mol. The Morgan fingerprint density at radius 3 is 1.94 bits per heavy atom. The average molecular weight is 280 g/mol. The molecule has 0 aromatic heterocycles. The topological polar surface area (TPSA) is 49.4 Å². The predicted molar refractivity (Wildman–Crippen MR) is 47.4 cm³/mol. The maximum Gasteiger partial charge on any atom is 0.471 e. The van der Waals surface area contributed by atoms with Gasteiger partial charge in [-0.15, -0.1) is 0 Å². The van der Waals surface area contributed by atoms with Crippen LogP contribution in [-0.4, -0.2) is 49.2 Å². The van der Waals surface area contributed by atoms with Crippen LogP contribution in [0.4, 0.5) is 26.3 Å². The Bertz CT molecular complexity index is 312. The minimum absolute atomic E-state index is 0.222. The van der Waals surface area contributed by atoms with E-state index in [0.29, 0.717) is 4.90 Å². The van der Waals surface area contributed by atoms with E-state index in [1.165, 1.54) is 5.32 Å². The van der Waals surface area contributed by atoms with Gasteiger partial charge in [-0.3, -0.25) is 9.59 Å². The van der Waals surface area contributed by atoms with E-state index >= 15 is 0 Å². The van der Waals surface area contributed by atoms with Crippen LogP contribution in [0.25, 0.3) is 0 Å². The van der Waals surface area contributed by atoms with Gasteiger partial charge < -0.3 is 10.2 Å². The lowest BCUT2D eigenvalue weighted by atomic mass is 10.3. The van der Waals surface area contributed by atoms with E-state index in [-0.39, 0.29) is 6.42 Å². The van der Waals surface area contributed by atoms with Gasteiger partial charge in [0.2, 0.25) is 0 Å². The summed E-state index contributed by atoms with van der Waals surface area (Å²) in [6.45, 7) is -0.899. The molecule has 4 nitrogen and oxygen atoms in total. The van der Waals surface area contributed by atoms with E-state index in [0.717, 1.165) is 7.05 Å². The zero-order valence-corrected chi connectivity index (χ0v) is 9.15. The van der Waals surface area contributed by atoms with Gasteiger partial charge in [0.1, 0.15) is 0 Å². The molecule has 0 atom stereocenters. The lowest BCUT2D eigenvalue weighted by Gasteiger charge is -2.18. The molecule has 0 aromatic rings. The van der Waals surface area contributed by atoms with Crippen LogP contribution >= 0.6 is 0 Å². The van der Waals surface area contributed by atoms with E-state index in [2.05, 4.69) is 0 Å². The minimum atomic E-state index is -5.03. The molecule has 2 amide bonds. The standard InChI is InChI=1S/C8H10F6N2O2/c1-16(6(18)8(12,13)14)4-2-3-15-5(17)7(9,10)11/h2-4H2,1H3,(H,15,17). The van der Waals surface area contributed by atoms with Crippen LogP contribution in [0.1, 0.15) is 6.42 Å². The van der Waals surface area contributed by atoms with Gasteiger partial charge in [0, 0.05) is 20.1 Å². The Morgan fingerprint density at radius 1 is 1.06 bits per heavy atom. The predicted octanol–water partition coefficient (Wildman–Crippen LogP) is 1.08. The van der Waals surface area contributed by atoms with Crippen LogP contribution in [0.2, 0.25) is 0 Å². The first-order valence-electron chi connectivity index (χ1n) is 4.63. The molecule has 0 aliphatic rings. The number of hydrogen-bond donors (Lipinski definition) is 1. The maximum absolute atomic E-state index is 11.9. The van der Waals surface area contributed by atoms with Crippen molar-refractivity contribution in [2.45, 2.75) is 18.8 Å². The highest BCUT2D eigenvalue weighted by atomic mass is 19.4. The highest BCUT2D eigenvalue weighted by Gasteiger charge is 2.41. The third kappa shape index (κ3) is 5.73. The SMILES string of the molecule is CN(CCCNC(=O)C(F)(F)F)C(=O)C(F)(F)F. The summed E-state index contributed by atoms with van der Waals surface area (Å²) in [4.78, 5) is 21.2. The van der Waals surface area contributed by atoms with E-state index in [1.807, 2.05) is 0 Å². The second kappa shape index (κ2) is 5.91. The van der Waals surface area contributed by atoms with Crippen LogP contribution in [0.3, 0.4) is 0 Å². The molecular formula is C8H10F6N2O2. The summed E-state index contributed by atoms with van der Waals surface area (Å²) in [5.74, 6) is -4.27. The number of alkyl halides is 6. The Morgan fingerprint density at radius 2 is 1.56 bits per heavy atom. The summed E-state index contributed by atoms with van der Waals surface area (Å²) < 4.78 is 70.7. The fourth-order valence-corrected chi connectivity index (χ4v) is 0.936. The zero-order valence-electron chi connectivity index (χ0n) is 9.15. The van der Waals surface area contributed by atoms with Crippen LogP contribution in [-0.2, 0) is 9.59 Å². The van der Waals surface area contributed by atoms with Crippen LogP contribution in [0, 0.1) is 0 Å². The normalized spacial score (nSPS) is 12.2. The van der Waals surface area contributed by atoms with Crippen molar-refractivity contribution in [3.05, 3.63) is 0 Å². The molecule has 0 unspecified atom stereocenters. The molecule has 0 fully saturated rings. The summed E-state index contributed by atoms with van der Waals surface area (Å²) in [7, 11) is 0.863. The summed E-state index contributed by atoms with van der Waals surface area (Å²) in [5.41, 5.74) is 0. The van der Waals surface area contributed by atoms with Crippen LogP contribution in [0.15, 0.2) is 0 Å². The van der Waals surface area contributed by atoms with Gasteiger partial charge in [-0.25, -0.2) is 0 Å². The van der Waals surface area contributed by atoms with Crippen molar-refractivity contribution >= 4 is 11.8 Å². The summed E-state index contributed by atoms with van der Waals surface area (Å²) in [6, 6.07) is 0. The van der Waals surface area contributed by atoms with Crippen molar-refractivity contribution in [2.75, 3.05) is 20.1 Å². The maximum atomic E-state index is 11.9. The first-order valence-corrected chi connectivity index (χ1v) is 4.63. The Hall–Kier alpha value is -1.48. The Kier molecular flexibility index (Phi) is 5.43. The molecule has 0 aliphatic heterocycles. The van der Waals surface area contributed by atoms with Gasteiger partial charge in [0.05, 0.1) is 0 Å². The lowest BCUT2D eigenvalue weighted by Crippen LogP contribution is -2.41. The first-order chi connectivity index (χ1) is 7.96. The summed E-state index contributed by atoms with van der Waals surface area (Å²) in [6.07, 6.45) is -10.3. The number of carbonyl (C=O) groups excluding carboxylic acids is 2. The third-order valence-corrected chi connectivity index (χ3v) is 1.80. The first kappa shape index (κ1) is 16.5. The van der Waals surface area contributed by atoms with Gasteiger partial charge >= 0.3 is 24.2 Å². The average Bonchev–Trinajstić information content (AvgIpc) is 2.19. The number of rotatable bonds is 4. The molecule has 0 radical (unpaired) electrons. The Balaban J connectivity index is 3.94. The lowest BCUT2D eigenvalue weighted by molar-refractivity contribution is -0.184. The molecule has 1 N–H and O–H groups in total. The third-order valence-electron chi connectivity index (χ3n) is 1.80. The van der Waals surface area contributed by atoms with E-state index in [4.69, 9.17) is 0 Å². The summed E-state index contributed by atoms with van der Waals surface area (Å²) in [5, 5.41) is 1.47. The second-order valence-electron chi connectivity index (χ2n) is 3.33. The van der Waals surface area contributed by atoms with Gasteiger partial charge in [0.25, 0.3) is 0 Å². The van der Waals surface area contributed by atoms with Gasteiger partial charge in [0.15, 0.2) is 0 Å². The van der Waals surface area contributed by atoms with Gasteiger partial charge in [-0.1, -0.05) is 0 Å². The second-order valence-corrected chi connectivity index (χ2v) is 3.33. The highest BCUT2D eigenvalue weighted by molar-refractivity contribution is 5.82. The Labute approximate surface area is 97.9 Å². The number of nitrogens with one attached hydrogen (secondary N) is 1. The number of amides is 2.